The van der Waals surface area contributed by atoms with Crippen LogP contribution in [0.1, 0.15) is 20.3 Å². The minimum absolute atomic E-state index is 0.0297. The summed E-state index contributed by atoms with van der Waals surface area (Å²) in [5.41, 5.74) is 0. The fraction of sp³-hybridized carbons (Fsp3) is 0.800. The molecular weight excluding hydrogens is 180 g/mol. The Morgan fingerprint density at radius 2 is 2.07 bits per heavy atom. The number of piperazine rings is 1. The van der Waals surface area contributed by atoms with Crippen LogP contribution in [0.2, 0.25) is 0 Å². The van der Waals surface area contributed by atoms with Crippen LogP contribution in [0.3, 0.4) is 0 Å². The number of nitrogens with one attached hydrogen (secondary N) is 1. The summed E-state index contributed by atoms with van der Waals surface area (Å²) in [5.74, 6) is 1.36. The Morgan fingerprint density at radius 3 is 2.64 bits per heavy atom. The van der Waals surface area contributed by atoms with Crippen molar-refractivity contribution in [1.82, 2.24) is 10.2 Å². The smallest absolute Gasteiger partial charge is 0.242 e. The zero-order valence-electron chi connectivity index (χ0n) is 8.62. The van der Waals surface area contributed by atoms with E-state index in [1.54, 1.807) is 11.8 Å². The lowest BCUT2D eigenvalue weighted by Gasteiger charge is -2.32. The van der Waals surface area contributed by atoms with Gasteiger partial charge in [0.2, 0.25) is 11.8 Å². The molecule has 4 heteroatoms. The Bertz CT molecular complexity index is 277. The first-order valence-electron chi connectivity index (χ1n) is 5.16. The number of carbonyl (C=O) groups excluding carboxylic acids is 2. The van der Waals surface area contributed by atoms with Crippen molar-refractivity contribution in [2.75, 3.05) is 13.1 Å². The molecule has 1 heterocycles. The molecule has 1 N–H and O–H groups in total. The zero-order chi connectivity index (χ0) is 10.3. The Hall–Kier alpha value is -1.06. The van der Waals surface area contributed by atoms with Gasteiger partial charge in [0.05, 0.1) is 6.54 Å². The standard InChI is InChI=1S/C10H16N2O2/c1-6-3-8(6)5-12-7(2)10(14)11-4-9(12)13/h6-8H,3-5H2,1-2H3,(H,11,14). The van der Waals surface area contributed by atoms with Gasteiger partial charge in [-0.15, -0.1) is 0 Å². The highest BCUT2D eigenvalue weighted by atomic mass is 16.2. The van der Waals surface area contributed by atoms with Gasteiger partial charge in [0.15, 0.2) is 0 Å². The first-order valence-corrected chi connectivity index (χ1v) is 5.16. The van der Waals surface area contributed by atoms with Crippen LogP contribution in [0, 0.1) is 11.8 Å². The summed E-state index contributed by atoms with van der Waals surface area (Å²) in [6.07, 6.45) is 1.19. The van der Waals surface area contributed by atoms with E-state index in [-0.39, 0.29) is 24.4 Å². The van der Waals surface area contributed by atoms with Crippen molar-refractivity contribution in [3.63, 3.8) is 0 Å². The Labute approximate surface area is 83.6 Å². The molecule has 3 unspecified atom stereocenters. The van der Waals surface area contributed by atoms with Gasteiger partial charge in [-0.25, -0.2) is 0 Å². The molecule has 0 radical (unpaired) electrons. The second kappa shape index (κ2) is 3.26. The fourth-order valence-corrected chi connectivity index (χ4v) is 1.94. The van der Waals surface area contributed by atoms with Gasteiger partial charge in [-0.3, -0.25) is 9.59 Å². The highest BCUT2D eigenvalue weighted by Crippen LogP contribution is 2.38. The SMILES string of the molecule is CC1CC1CN1C(=O)CNC(=O)C1C. The van der Waals surface area contributed by atoms with Gasteiger partial charge < -0.3 is 10.2 Å². The molecule has 1 saturated carbocycles. The van der Waals surface area contributed by atoms with Crippen LogP contribution in [0.15, 0.2) is 0 Å². The molecule has 2 aliphatic rings. The highest BCUT2D eigenvalue weighted by molar-refractivity contribution is 5.94. The van der Waals surface area contributed by atoms with E-state index in [1.807, 2.05) is 0 Å². The van der Waals surface area contributed by atoms with Crippen molar-refractivity contribution in [2.45, 2.75) is 26.3 Å². The summed E-state index contributed by atoms with van der Waals surface area (Å²) in [6, 6.07) is -0.288. The molecular formula is C10H16N2O2. The summed E-state index contributed by atoms with van der Waals surface area (Å²) in [5, 5.41) is 2.59. The van der Waals surface area contributed by atoms with E-state index < -0.39 is 0 Å². The average molecular weight is 196 g/mol. The molecule has 0 aromatic rings. The predicted octanol–water partition coefficient (Wildman–Crippen LogP) is -0.0107. The van der Waals surface area contributed by atoms with E-state index >= 15 is 0 Å². The summed E-state index contributed by atoms with van der Waals surface area (Å²) >= 11 is 0. The molecule has 0 aromatic heterocycles. The summed E-state index contributed by atoms with van der Waals surface area (Å²) < 4.78 is 0. The minimum Gasteiger partial charge on any atom is -0.345 e. The van der Waals surface area contributed by atoms with Crippen molar-refractivity contribution < 1.29 is 9.59 Å². The van der Waals surface area contributed by atoms with E-state index in [2.05, 4.69) is 12.2 Å². The van der Waals surface area contributed by atoms with Crippen molar-refractivity contribution in [3.8, 4) is 0 Å². The average Bonchev–Trinajstić information content (AvgIpc) is 2.83. The lowest BCUT2D eigenvalue weighted by Crippen LogP contribution is -2.57. The lowest BCUT2D eigenvalue weighted by molar-refractivity contribution is -0.145. The fourth-order valence-electron chi connectivity index (χ4n) is 1.94. The minimum atomic E-state index is -0.288. The van der Waals surface area contributed by atoms with E-state index in [9.17, 15) is 9.59 Å². The number of hydrogen-bond donors (Lipinski definition) is 1. The largest absolute Gasteiger partial charge is 0.345 e. The molecule has 0 aromatic carbocycles. The molecule has 2 amide bonds. The van der Waals surface area contributed by atoms with Crippen molar-refractivity contribution in [2.24, 2.45) is 11.8 Å². The van der Waals surface area contributed by atoms with Crippen LogP contribution in [0.4, 0.5) is 0 Å². The number of amides is 2. The van der Waals surface area contributed by atoms with Gasteiger partial charge in [-0.1, -0.05) is 6.92 Å². The third-order valence-electron chi connectivity index (χ3n) is 3.29. The summed E-state index contributed by atoms with van der Waals surface area (Å²) in [4.78, 5) is 24.6. The van der Waals surface area contributed by atoms with Crippen LogP contribution < -0.4 is 5.32 Å². The van der Waals surface area contributed by atoms with Crippen LogP contribution in [0.25, 0.3) is 0 Å². The molecule has 14 heavy (non-hydrogen) atoms. The Balaban J connectivity index is 1.99. The summed E-state index contributed by atoms with van der Waals surface area (Å²) in [6.45, 7) is 4.90. The van der Waals surface area contributed by atoms with Gasteiger partial charge in [-0.05, 0) is 25.2 Å². The maximum Gasteiger partial charge on any atom is 0.242 e. The van der Waals surface area contributed by atoms with Gasteiger partial charge in [-0.2, -0.15) is 0 Å². The first-order chi connectivity index (χ1) is 6.59. The molecule has 1 saturated heterocycles. The Kier molecular flexibility index (Phi) is 2.21. The molecule has 78 valence electrons. The number of nitrogens with zero attached hydrogens (tertiary/aromatic N) is 1. The zero-order valence-corrected chi connectivity index (χ0v) is 8.62. The molecule has 2 fully saturated rings. The molecule has 0 spiro atoms. The van der Waals surface area contributed by atoms with E-state index in [1.165, 1.54) is 6.42 Å². The van der Waals surface area contributed by atoms with Crippen molar-refractivity contribution in [3.05, 3.63) is 0 Å². The molecule has 2 rings (SSSR count). The van der Waals surface area contributed by atoms with Gasteiger partial charge in [0.1, 0.15) is 6.04 Å². The highest BCUT2D eigenvalue weighted by Gasteiger charge is 2.39. The summed E-state index contributed by atoms with van der Waals surface area (Å²) in [7, 11) is 0. The number of hydrogen-bond acceptors (Lipinski definition) is 2. The van der Waals surface area contributed by atoms with Crippen LogP contribution in [0.5, 0.6) is 0 Å². The van der Waals surface area contributed by atoms with Crippen molar-refractivity contribution >= 4 is 11.8 Å². The third kappa shape index (κ3) is 1.61. The van der Waals surface area contributed by atoms with E-state index in [4.69, 9.17) is 0 Å². The first kappa shape index (κ1) is 9.49. The second-order valence-corrected chi connectivity index (χ2v) is 4.41. The maximum atomic E-state index is 11.5. The second-order valence-electron chi connectivity index (χ2n) is 4.41. The van der Waals surface area contributed by atoms with Crippen LogP contribution >= 0.6 is 0 Å². The van der Waals surface area contributed by atoms with Crippen molar-refractivity contribution in [1.29, 1.82) is 0 Å². The molecule has 1 aliphatic carbocycles. The van der Waals surface area contributed by atoms with E-state index in [0.29, 0.717) is 5.92 Å². The topological polar surface area (TPSA) is 49.4 Å². The molecule has 3 atom stereocenters. The van der Waals surface area contributed by atoms with Gasteiger partial charge in [0, 0.05) is 6.54 Å². The molecule has 4 nitrogen and oxygen atoms in total. The Morgan fingerprint density at radius 1 is 1.43 bits per heavy atom. The quantitative estimate of drug-likeness (QED) is 0.675. The molecule has 0 bridgehead atoms. The van der Waals surface area contributed by atoms with Crippen LogP contribution in [-0.4, -0.2) is 35.8 Å². The van der Waals surface area contributed by atoms with E-state index in [0.717, 1.165) is 12.5 Å². The van der Waals surface area contributed by atoms with Gasteiger partial charge >= 0.3 is 0 Å². The molecule has 1 aliphatic heterocycles. The third-order valence-corrected chi connectivity index (χ3v) is 3.29. The maximum absolute atomic E-state index is 11.5. The van der Waals surface area contributed by atoms with Crippen LogP contribution in [-0.2, 0) is 9.59 Å². The van der Waals surface area contributed by atoms with Gasteiger partial charge in [0.25, 0.3) is 0 Å². The lowest BCUT2D eigenvalue weighted by atomic mass is 10.1. The predicted molar refractivity (Wildman–Crippen MR) is 51.5 cm³/mol. The number of rotatable bonds is 2. The normalized spacial score (nSPS) is 37.0. The number of carbonyl (C=O) groups is 2. The monoisotopic (exact) mass is 196 g/mol.